The summed E-state index contributed by atoms with van der Waals surface area (Å²) >= 11 is 1.19. The molecule has 1 N–H and O–H groups in total. The Morgan fingerprint density at radius 3 is 2.78 bits per heavy atom. The summed E-state index contributed by atoms with van der Waals surface area (Å²) in [5, 5.41) is 3.22. The van der Waals surface area contributed by atoms with Gasteiger partial charge in [0.05, 0.1) is 18.6 Å². The number of carbonyl (C=O) groups is 2. The molecule has 1 aromatic carbocycles. The second kappa shape index (κ2) is 8.68. The van der Waals surface area contributed by atoms with E-state index in [0.29, 0.717) is 29.6 Å². The molecule has 0 radical (unpaired) electrons. The number of halogens is 1. The number of amidine groups is 1. The van der Waals surface area contributed by atoms with Crippen LogP contribution < -0.4 is 5.32 Å². The summed E-state index contributed by atoms with van der Waals surface area (Å²) in [6.07, 6.45) is 3.15. The van der Waals surface area contributed by atoms with Crippen LogP contribution in [0.2, 0.25) is 0 Å². The Kier molecular flexibility index (Phi) is 6.08. The van der Waals surface area contributed by atoms with Gasteiger partial charge in [0.15, 0.2) is 5.17 Å². The molecule has 0 spiro atoms. The van der Waals surface area contributed by atoms with Crippen molar-refractivity contribution >= 4 is 34.8 Å². The number of hydrogen-bond acceptors (Lipinski definition) is 5. The molecule has 1 aliphatic heterocycles. The fraction of sp³-hybridized carbons (Fsp3) is 0.211. The lowest BCUT2D eigenvalue weighted by Gasteiger charge is -2.14. The van der Waals surface area contributed by atoms with E-state index in [1.165, 1.54) is 28.8 Å². The van der Waals surface area contributed by atoms with Gasteiger partial charge in [0, 0.05) is 6.54 Å². The van der Waals surface area contributed by atoms with Gasteiger partial charge in [-0.05, 0) is 42.8 Å². The van der Waals surface area contributed by atoms with Crippen molar-refractivity contribution < 1.29 is 18.4 Å². The lowest BCUT2D eigenvalue weighted by atomic mass is 10.2. The molecule has 2 amide bonds. The van der Waals surface area contributed by atoms with E-state index in [1.54, 1.807) is 36.6 Å². The van der Waals surface area contributed by atoms with Crippen molar-refractivity contribution in [1.29, 1.82) is 0 Å². The maximum atomic E-state index is 13.0. The second-order valence-electron chi connectivity index (χ2n) is 5.67. The van der Waals surface area contributed by atoms with E-state index in [1.807, 2.05) is 6.92 Å². The van der Waals surface area contributed by atoms with Crippen LogP contribution >= 0.6 is 11.8 Å². The van der Waals surface area contributed by atoms with Gasteiger partial charge < -0.3 is 9.73 Å². The minimum atomic E-state index is -0.342. The second-order valence-corrected chi connectivity index (χ2v) is 6.61. The predicted octanol–water partition coefficient (Wildman–Crippen LogP) is 3.03. The fourth-order valence-electron chi connectivity index (χ4n) is 2.42. The maximum Gasteiger partial charge on any atom is 0.278 e. The Labute approximate surface area is 160 Å². The quantitative estimate of drug-likeness (QED) is 0.773. The predicted molar refractivity (Wildman–Crippen MR) is 102 cm³/mol. The van der Waals surface area contributed by atoms with Gasteiger partial charge in [0.1, 0.15) is 17.3 Å². The summed E-state index contributed by atoms with van der Waals surface area (Å²) in [5.74, 6) is 0.0402. The largest absolute Gasteiger partial charge is 0.467 e. The van der Waals surface area contributed by atoms with Gasteiger partial charge in [-0.15, -0.1) is 0 Å². The minimum absolute atomic E-state index is 0.132. The molecule has 0 fully saturated rings. The van der Waals surface area contributed by atoms with Crippen LogP contribution in [-0.4, -0.2) is 34.2 Å². The maximum absolute atomic E-state index is 13.0. The van der Waals surface area contributed by atoms with Crippen molar-refractivity contribution in [2.24, 2.45) is 4.99 Å². The third kappa shape index (κ3) is 4.85. The highest BCUT2D eigenvalue weighted by molar-refractivity contribution is 8.14. The molecule has 27 heavy (non-hydrogen) atoms. The van der Waals surface area contributed by atoms with E-state index in [2.05, 4.69) is 10.3 Å². The highest BCUT2D eigenvalue weighted by atomic mass is 32.2. The number of nitrogens with one attached hydrogen (secondary N) is 1. The number of benzene rings is 1. The number of likely N-dealkylation sites (N-methyl/N-ethyl adjacent to an activating group) is 1. The number of rotatable bonds is 6. The van der Waals surface area contributed by atoms with Crippen molar-refractivity contribution in [3.8, 4) is 0 Å². The average molecular weight is 387 g/mol. The summed E-state index contributed by atoms with van der Waals surface area (Å²) < 4.78 is 18.2. The van der Waals surface area contributed by atoms with E-state index < -0.39 is 0 Å². The number of aliphatic imine (C=N–C) groups is 1. The molecule has 3 rings (SSSR count). The summed E-state index contributed by atoms with van der Waals surface area (Å²) in [7, 11) is 0. The van der Waals surface area contributed by atoms with Gasteiger partial charge in [-0.1, -0.05) is 23.9 Å². The Hall–Kier alpha value is -2.87. The van der Waals surface area contributed by atoms with Crippen LogP contribution in [0.1, 0.15) is 18.2 Å². The molecule has 0 saturated heterocycles. The van der Waals surface area contributed by atoms with E-state index >= 15 is 0 Å². The van der Waals surface area contributed by atoms with Gasteiger partial charge in [0.2, 0.25) is 5.91 Å². The highest BCUT2D eigenvalue weighted by Crippen LogP contribution is 2.23. The topological polar surface area (TPSA) is 74.9 Å². The molecule has 6 nitrogen and oxygen atoms in total. The van der Waals surface area contributed by atoms with E-state index in [4.69, 9.17) is 4.42 Å². The van der Waals surface area contributed by atoms with E-state index in [0.717, 1.165) is 0 Å². The molecule has 1 aliphatic rings. The summed E-state index contributed by atoms with van der Waals surface area (Å²) in [6, 6.07) is 9.34. The zero-order valence-electron chi connectivity index (χ0n) is 14.6. The smallest absolute Gasteiger partial charge is 0.278 e. The molecule has 0 aliphatic carbocycles. The SMILES string of the molecule is CCN1C(=O)/C(=C/c2ccc(F)cc2)N=C1SCC(=O)NCc1ccco1. The monoisotopic (exact) mass is 387 g/mol. The summed E-state index contributed by atoms with van der Waals surface area (Å²) in [6.45, 7) is 2.59. The minimum Gasteiger partial charge on any atom is -0.467 e. The first-order valence-corrected chi connectivity index (χ1v) is 9.35. The van der Waals surface area contributed by atoms with E-state index in [-0.39, 0.29) is 29.1 Å². The van der Waals surface area contributed by atoms with Crippen LogP contribution in [0.5, 0.6) is 0 Å². The Morgan fingerprint density at radius 1 is 1.33 bits per heavy atom. The van der Waals surface area contributed by atoms with Gasteiger partial charge in [-0.2, -0.15) is 0 Å². The number of thioether (sulfide) groups is 1. The van der Waals surface area contributed by atoms with Crippen LogP contribution in [0, 0.1) is 5.82 Å². The normalized spacial score (nSPS) is 15.3. The molecule has 2 aromatic rings. The van der Waals surface area contributed by atoms with Gasteiger partial charge in [-0.25, -0.2) is 9.38 Å². The summed E-state index contributed by atoms with van der Waals surface area (Å²) in [5.41, 5.74) is 0.948. The molecule has 140 valence electrons. The first-order chi connectivity index (χ1) is 13.1. The van der Waals surface area contributed by atoms with Crippen LogP contribution in [0.25, 0.3) is 6.08 Å². The number of nitrogens with zero attached hydrogens (tertiary/aromatic N) is 2. The number of carbonyl (C=O) groups excluding carboxylic acids is 2. The summed E-state index contributed by atoms with van der Waals surface area (Å²) in [4.78, 5) is 30.3. The van der Waals surface area contributed by atoms with Crippen molar-refractivity contribution in [2.45, 2.75) is 13.5 Å². The molecule has 1 aromatic heterocycles. The van der Waals surface area contributed by atoms with E-state index in [9.17, 15) is 14.0 Å². The molecule has 0 bridgehead atoms. The zero-order valence-corrected chi connectivity index (χ0v) is 15.5. The molecule has 2 heterocycles. The van der Waals surface area contributed by atoms with Gasteiger partial charge >= 0.3 is 0 Å². The van der Waals surface area contributed by atoms with Crippen molar-refractivity contribution in [3.63, 3.8) is 0 Å². The Bertz CT molecular complexity index is 876. The molecule has 0 unspecified atom stereocenters. The van der Waals surface area contributed by atoms with Gasteiger partial charge in [-0.3, -0.25) is 14.5 Å². The molecular weight excluding hydrogens is 369 g/mol. The Morgan fingerprint density at radius 2 is 2.11 bits per heavy atom. The lowest BCUT2D eigenvalue weighted by Crippen LogP contribution is -2.32. The number of amides is 2. The highest BCUT2D eigenvalue weighted by Gasteiger charge is 2.29. The number of furan rings is 1. The van der Waals surface area contributed by atoms with Crippen molar-refractivity contribution in [1.82, 2.24) is 10.2 Å². The first-order valence-electron chi connectivity index (χ1n) is 8.36. The molecule has 0 atom stereocenters. The third-order valence-electron chi connectivity index (χ3n) is 3.77. The number of hydrogen-bond donors (Lipinski definition) is 1. The van der Waals surface area contributed by atoms with Crippen LogP contribution in [0.15, 0.2) is 57.8 Å². The van der Waals surface area contributed by atoms with Crippen LogP contribution in [-0.2, 0) is 16.1 Å². The molecule has 0 saturated carbocycles. The first kappa shape index (κ1) is 18.9. The zero-order chi connectivity index (χ0) is 19.2. The van der Waals surface area contributed by atoms with Crippen LogP contribution in [0.3, 0.4) is 0 Å². The standard InChI is InChI=1S/C19H18FN3O3S/c1-2-23-18(25)16(10-13-5-7-14(20)8-6-13)22-19(23)27-12-17(24)21-11-15-4-3-9-26-15/h3-10H,2,11-12H2,1H3,(H,21,24)/b16-10-. The molecular formula is C19H18FN3O3S. The fourth-order valence-corrected chi connectivity index (χ4v) is 3.31. The lowest BCUT2D eigenvalue weighted by molar-refractivity contribution is -0.122. The van der Waals surface area contributed by atoms with Gasteiger partial charge in [0.25, 0.3) is 5.91 Å². The Balaban J connectivity index is 1.63. The van der Waals surface area contributed by atoms with Crippen molar-refractivity contribution in [3.05, 3.63) is 65.5 Å². The average Bonchev–Trinajstić information content (AvgIpc) is 3.28. The molecule has 8 heteroatoms. The van der Waals surface area contributed by atoms with Crippen molar-refractivity contribution in [2.75, 3.05) is 12.3 Å². The van der Waals surface area contributed by atoms with Crippen LogP contribution in [0.4, 0.5) is 4.39 Å². The third-order valence-corrected chi connectivity index (χ3v) is 4.75.